The maximum atomic E-state index is 12.7. The molecule has 1 aliphatic carbocycles. The topological polar surface area (TPSA) is 87.5 Å². The Labute approximate surface area is 181 Å². The van der Waals surface area contributed by atoms with Gasteiger partial charge >= 0.3 is 0 Å². The van der Waals surface area contributed by atoms with Crippen LogP contribution in [0, 0.1) is 0 Å². The molecule has 1 amide bonds. The molecule has 31 heavy (non-hydrogen) atoms. The van der Waals surface area contributed by atoms with Crippen LogP contribution in [0.15, 0.2) is 29.5 Å². The Bertz CT molecular complexity index is 989. The highest BCUT2D eigenvalue weighted by Crippen LogP contribution is 2.38. The summed E-state index contributed by atoms with van der Waals surface area (Å²) in [5.74, 6) is 2.11. The molecule has 0 radical (unpaired) electrons. The smallest absolute Gasteiger partial charge is 0.254 e. The molecular formula is C22H29N7O2. The SMILES string of the molecule is O=C(Cn1cnc(C2CC2)cc1=O)N1CCN(c2ccnc(N3CCCCC3)n2)CC1. The van der Waals surface area contributed by atoms with E-state index in [0.717, 1.165) is 56.5 Å². The third kappa shape index (κ3) is 4.55. The zero-order valence-electron chi connectivity index (χ0n) is 17.8. The predicted octanol–water partition coefficient (Wildman–Crippen LogP) is 1.25. The first-order valence-corrected chi connectivity index (χ1v) is 11.3. The number of anilines is 2. The first-order chi connectivity index (χ1) is 15.2. The summed E-state index contributed by atoms with van der Waals surface area (Å²) in [6.45, 7) is 4.74. The van der Waals surface area contributed by atoms with Gasteiger partial charge in [0.2, 0.25) is 11.9 Å². The number of piperidine rings is 1. The fraction of sp³-hybridized carbons (Fsp3) is 0.591. The predicted molar refractivity (Wildman–Crippen MR) is 117 cm³/mol. The summed E-state index contributed by atoms with van der Waals surface area (Å²) in [5, 5.41) is 0. The molecule has 3 fully saturated rings. The van der Waals surface area contributed by atoms with Gasteiger partial charge in [0.05, 0.1) is 12.0 Å². The summed E-state index contributed by atoms with van der Waals surface area (Å²) in [6, 6.07) is 3.52. The van der Waals surface area contributed by atoms with Crippen LogP contribution < -0.4 is 15.4 Å². The number of aromatic nitrogens is 4. The maximum Gasteiger partial charge on any atom is 0.254 e. The molecule has 2 aromatic rings. The van der Waals surface area contributed by atoms with Crippen molar-refractivity contribution in [2.24, 2.45) is 0 Å². The average Bonchev–Trinajstić information content (AvgIpc) is 3.67. The summed E-state index contributed by atoms with van der Waals surface area (Å²) in [6.07, 6.45) is 9.21. The number of carbonyl (C=O) groups excluding carboxylic acids is 1. The van der Waals surface area contributed by atoms with Crippen molar-refractivity contribution in [2.75, 3.05) is 49.1 Å². The lowest BCUT2D eigenvalue weighted by atomic mass is 10.1. The highest BCUT2D eigenvalue weighted by atomic mass is 16.2. The van der Waals surface area contributed by atoms with Gasteiger partial charge in [0, 0.05) is 57.4 Å². The van der Waals surface area contributed by atoms with Crippen LogP contribution in [-0.4, -0.2) is 69.6 Å². The molecule has 9 nitrogen and oxygen atoms in total. The minimum atomic E-state index is -0.143. The minimum Gasteiger partial charge on any atom is -0.353 e. The Hall–Kier alpha value is -2.97. The first kappa shape index (κ1) is 20.0. The normalized spacial score (nSPS) is 19.5. The van der Waals surface area contributed by atoms with Crippen LogP contribution in [-0.2, 0) is 11.3 Å². The molecule has 0 unspecified atom stereocenters. The molecule has 3 aliphatic rings. The number of carbonyl (C=O) groups is 1. The van der Waals surface area contributed by atoms with Gasteiger partial charge in [0.15, 0.2) is 0 Å². The third-order valence-corrected chi connectivity index (χ3v) is 6.43. The fourth-order valence-electron chi connectivity index (χ4n) is 4.35. The van der Waals surface area contributed by atoms with E-state index in [0.29, 0.717) is 19.0 Å². The Kier molecular flexibility index (Phi) is 5.57. The highest BCUT2D eigenvalue weighted by molar-refractivity contribution is 5.76. The molecule has 2 saturated heterocycles. The van der Waals surface area contributed by atoms with Crippen LogP contribution in [0.25, 0.3) is 0 Å². The molecule has 0 N–H and O–H groups in total. The zero-order valence-corrected chi connectivity index (χ0v) is 17.8. The van der Waals surface area contributed by atoms with E-state index in [2.05, 4.69) is 19.8 Å². The quantitative estimate of drug-likeness (QED) is 0.715. The van der Waals surface area contributed by atoms with Gasteiger partial charge in [-0.2, -0.15) is 4.98 Å². The number of rotatable bonds is 5. The number of hydrogen-bond acceptors (Lipinski definition) is 7. The van der Waals surface area contributed by atoms with E-state index in [1.165, 1.54) is 30.2 Å². The lowest BCUT2D eigenvalue weighted by Gasteiger charge is -2.36. The van der Waals surface area contributed by atoms with Crippen LogP contribution in [0.1, 0.15) is 43.7 Å². The van der Waals surface area contributed by atoms with E-state index in [1.54, 1.807) is 6.07 Å². The zero-order chi connectivity index (χ0) is 21.2. The summed E-state index contributed by atoms with van der Waals surface area (Å²) < 4.78 is 1.41. The summed E-state index contributed by atoms with van der Waals surface area (Å²) in [7, 11) is 0. The van der Waals surface area contributed by atoms with Crippen LogP contribution >= 0.6 is 0 Å². The molecule has 164 valence electrons. The molecule has 9 heteroatoms. The minimum absolute atomic E-state index is 0.0422. The molecule has 0 atom stereocenters. The van der Waals surface area contributed by atoms with Crippen molar-refractivity contribution in [2.45, 2.75) is 44.6 Å². The van der Waals surface area contributed by atoms with Crippen molar-refractivity contribution in [1.82, 2.24) is 24.4 Å². The number of hydrogen-bond donors (Lipinski definition) is 0. The third-order valence-electron chi connectivity index (χ3n) is 6.43. The van der Waals surface area contributed by atoms with E-state index in [-0.39, 0.29) is 18.0 Å². The van der Waals surface area contributed by atoms with Gasteiger partial charge < -0.3 is 14.7 Å². The van der Waals surface area contributed by atoms with Crippen molar-refractivity contribution in [1.29, 1.82) is 0 Å². The second-order valence-electron chi connectivity index (χ2n) is 8.68. The molecule has 0 bridgehead atoms. The van der Waals surface area contributed by atoms with E-state index in [9.17, 15) is 9.59 Å². The second-order valence-corrected chi connectivity index (χ2v) is 8.68. The number of piperazine rings is 1. The number of amides is 1. The van der Waals surface area contributed by atoms with Gasteiger partial charge in [-0.25, -0.2) is 9.97 Å². The van der Waals surface area contributed by atoms with E-state index in [1.807, 2.05) is 17.2 Å². The Balaban J connectivity index is 1.17. The molecule has 1 saturated carbocycles. The van der Waals surface area contributed by atoms with Crippen molar-refractivity contribution < 1.29 is 4.79 Å². The molecule has 2 aromatic heterocycles. The van der Waals surface area contributed by atoms with Crippen LogP contribution in [0.3, 0.4) is 0 Å². The molecule has 4 heterocycles. The highest BCUT2D eigenvalue weighted by Gasteiger charge is 2.26. The van der Waals surface area contributed by atoms with Crippen molar-refractivity contribution >= 4 is 17.7 Å². The Morgan fingerprint density at radius 2 is 1.74 bits per heavy atom. The summed E-state index contributed by atoms with van der Waals surface area (Å²) in [5.41, 5.74) is 0.714. The van der Waals surface area contributed by atoms with E-state index in [4.69, 9.17) is 4.98 Å². The summed E-state index contributed by atoms with van der Waals surface area (Å²) in [4.78, 5) is 45.0. The first-order valence-electron chi connectivity index (χ1n) is 11.3. The van der Waals surface area contributed by atoms with Gasteiger partial charge in [-0.15, -0.1) is 0 Å². The van der Waals surface area contributed by atoms with Crippen molar-refractivity contribution in [3.63, 3.8) is 0 Å². The van der Waals surface area contributed by atoms with Crippen LogP contribution in [0.5, 0.6) is 0 Å². The molecular weight excluding hydrogens is 394 g/mol. The summed E-state index contributed by atoms with van der Waals surface area (Å²) >= 11 is 0. The lowest BCUT2D eigenvalue weighted by Crippen LogP contribution is -2.50. The molecule has 0 aromatic carbocycles. The Morgan fingerprint density at radius 3 is 2.45 bits per heavy atom. The average molecular weight is 424 g/mol. The molecule has 2 aliphatic heterocycles. The molecule has 5 rings (SSSR count). The Morgan fingerprint density at radius 1 is 0.968 bits per heavy atom. The lowest BCUT2D eigenvalue weighted by molar-refractivity contribution is -0.132. The standard InChI is InChI=1S/C22H29N7O2/c30-20-14-18(17-4-5-17)24-16-29(20)15-21(31)27-12-10-26(11-13-27)19-6-7-23-22(25-19)28-8-2-1-3-9-28/h6-7,14,16-17H,1-5,8-13,15H2. The van der Waals surface area contributed by atoms with Crippen LogP contribution in [0.2, 0.25) is 0 Å². The van der Waals surface area contributed by atoms with Crippen molar-refractivity contribution in [3.05, 3.63) is 40.7 Å². The van der Waals surface area contributed by atoms with Crippen molar-refractivity contribution in [3.8, 4) is 0 Å². The van der Waals surface area contributed by atoms with E-state index < -0.39 is 0 Å². The van der Waals surface area contributed by atoms with Gasteiger partial charge in [-0.3, -0.25) is 14.2 Å². The van der Waals surface area contributed by atoms with Crippen LogP contribution in [0.4, 0.5) is 11.8 Å². The van der Waals surface area contributed by atoms with E-state index >= 15 is 0 Å². The maximum absolute atomic E-state index is 12.7. The number of nitrogens with zero attached hydrogens (tertiary/aromatic N) is 7. The monoisotopic (exact) mass is 423 g/mol. The molecule has 0 spiro atoms. The van der Waals surface area contributed by atoms with Gasteiger partial charge in [-0.05, 0) is 38.2 Å². The van der Waals surface area contributed by atoms with Gasteiger partial charge in [-0.1, -0.05) is 0 Å². The largest absolute Gasteiger partial charge is 0.353 e. The van der Waals surface area contributed by atoms with Gasteiger partial charge in [0.25, 0.3) is 5.56 Å². The van der Waals surface area contributed by atoms with Gasteiger partial charge in [0.1, 0.15) is 12.4 Å². The fourth-order valence-corrected chi connectivity index (χ4v) is 4.35. The second kappa shape index (κ2) is 8.64.